The Kier molecular flexibility index (Phi) is 7.06. The molecule has 1 aliphatic rings. The molecule has 1 fully saturated rings. The standard InChI is InChI=1S/C18H27N3O3/c19-9-4-2-1-3-8-17(23)20-10-12-21(13-11-20)18(24)15-6-5-7-16(22)14-15/h5-7,14,22H,1-4,8-13,19H2. The van der Waals surface area contributed by atoms with Crippen LogP contribution < -0.4 is 5.73 Å². The predicted octanol–water partition coefficient (Wildman–Crippen LogP) is 1.59. The molecule has 1 aliphatic heterocycles. The van der Waals surface area contributed by atoms with Crippen LogP contribution in [0.25, 0.3) is 0 Å². The van der Waals surface area contributed by atoms with E-state index in [0.717, 1.165) is 25.7 Å². The van der Waals surface area contributed by atoms with E-state index in [1.165, 1.54) is 6.07 Å². The van der Waals surface area contributed by atoms with Crippen LogP contribution in [0.15, 0.2) is 24.3 Å². The number of piperazine rings is 1. The van der Waals surface area contributed by atoms with Gasteiger partial charge in [0.2, 0.25) is 5.91 Å². The number of nitrogens with zero attached hydrogens (tertiary/aromatic N) is 2. The summed E-state index contributed by atoms with van der Waals surface area (Å²) in [7, 11) is 0. The van der Waals surface area contributed by atoms with Gasteiger partial charge in [-0.1, -0.05) is 18.9 Å². The van der Waals surface area contributed by atoms with Crippen molar-refractivity contribution in [2.75, 3.05) is 32.7 Å². The lowest BCUT2D eigenvalue weighted by atomic mass is 10.1. The fourth-order valence-corrected chi connectivity index (χ4v) is 2.91. The third kappa shape index (κ3) is 5.23. The van der Waals surface area contributed by atoms with Crippen LogP contribution in [0.4, 0.5) is 0 Å². The van der Waals surface area contributed by atoms with Crippen LogP contribution in [-0.2, 0) is 4.79 Å². The number of aromatic hydroxyl groups is 1. The fourth-order valence-electron chi connectivity index (χ4n) is 2.91. The van der Waals surface area contributed by atoms with Gasteiger partial charge in [0.1, 0.15) is 5.75 Å². The summed E-state index contributed by atoms with van der Waals surface area (Å²) in [5.74, 6) is 0.163. The van der Waals surface area contributed by atoms with Gasteiger partial charge in [-0.2, -0.15) is 0 Å². The van der Waals surface area contributed by atoms with Gasteiger partial charge in [0.25, 0.3) is 5.91 Å². The van der Waals surface area contributed by atoms with Gasteiger partial charge >= 0.3 is 0 Å². The Morgan fingerprint density at radius 3 is 2.33 bits per heavy atom. The lowest BCUT2D eigenvalue weighted by Gasteiger charge is -2.35. The molecule has 0 aliphatic carbocycles. The molecule has 0 saturated carbocycles. The quantitative estimate of drug-likeness (QED) is 0.742. The minimum atomic E-state index is -0.0974. The number of benzene rings is 1. The van der Waals surface area contributed by atoms with E-state index in [9.17, 15) is 14.7 Å². The number of rotatable bonds is 7. The fraction of sp³-hybridized carbons (Fsp3) is 0.556. The zero-order chi connectivity index (χ0) is 17.4. The monoisotopic (exact) mass is 333 g/mol. The minimum absolute atomic E-state index is 0.0873. The Morgan fingerprint density at radius 1 is 1.00 bits per heavy atom. The molecule has 0 radical (unpaired) electrons. The van der Waals surface area contributed by atoms with E-state index < -0.39 is 0 Å². The predicted molar refractivity (Wildman–Crippen MR) is 92.7 cm³/mol. The van der Waals surface area contributed by atoms with Crippen LogP contribution in [0.2, 0.25) is 0 Å². The highest BCUT2D eigenvalue weighted by Gasteiger charge is 2.24. The molecule has 1 heterocycles. The first-order valence-electron chi connectivity index (χ1n) is 8.68. The van der Waals surface area contributed by atoms with Gasteiger partial charge in [-0.15, -0.1) is 0 Å². The topological polar surface area (TPSA) is 86.9 Å². The Labute approximate surface area is 143 Å². The Bertz CT molecular complexity index is 554. The summed E-state index contributed by atoms with van der Waals surface area (Å²) in [4.78, 5) is 28.2. The molecular weight excluding hydrogens is 306 g/mol. The average Bonchev–Trinajstić information content (AvgIpc) is 2.61. The van der Waals surface area contributed by atoms with Gasteiger partial charge in [-0.3, -0.25) is 9.59 Å². The third-order valence-electron chi connectivity index (χ3n) is 4.36. The minimum Gasteiger partial charge on any atom is -0.508 e. The molecule has 24 heavy (non-hydrogen) atoms. The molecule has 2 amide bonds. The molecular formula is C18H27N3O3. The maximum absolute atomic E-state index is 12.4. The highest BCUT2D eigenvalue weighted by atomic mass is 16.3. The normalized spacial score (nSPS) is 14.7. The second kappa shape index (κ2) is 9.27. The van der Waals surface area contributed by atoms with Crippen LogP contribution in [0.1, 0.15) is 42.5 Å². The lowest BCUT2D eigenvalue weighted by Crippen LogP contribution is -2.50. The molecule has 6 heteroatoms. The van der Waals surface area contributed by atoms with E-state index in [2.05, 4.69) is 0 Å². The third-order valence-corrected chi connectivity index (χ3v) is 4.36. The number of amides is 2. The largest absolute Gasteiger partial charge is 0.508 e. The summed E-state index contributed by atoms with van der Waals surface area (Å²) in [6.45, 7) is 2.93. The first-order valence-corrected chi connectivity index (χ1v) is 8.68. The molecule has 6 nitrogen and oxygen atoms in total. The van der Waals surface area contributed by atoms with Crippen molar-refractivity contribution in [2.45, 2.75) is 32.1 Å². The molecule has 132 valence electrons. The summed E-state index contributed by atoms with van der Waals surface area (Å²) in [6, 6.07) is 6.37. The van der Waals surface area contributed by atoms with Crippen LogP contribution in [-0.4, -0.2) is 59.4 Å². The van der Waals surface area contributed by atoms with Crippen molar-refractivity contribution < 1.29 is 14.7 Å². The molecule has 0 bridgehead atoms. The van der Waals surface area contributed by atoms with E-state index in [1.807, 2.05) is 4.90 Å². The van der Waals surface area contributed by atoms with Crippen molar-refractivity contribution in [1.29, 1.82) is 0 Å². The van der Waals surface area contributed by atoms with Crippen LogP contribution in [0, 0.1) is 0 Å². The first kappa shape index (κ1) is 18.3. The second-order valence-electron chi connectivity index (χ2n) is 6.18. The van der Waals surface area contributed by atoms with E-state index in [0.29, 0.717) is 44.7 Å². The second-order valence-corrected chi connectivity index (χ2v) is 6.18. The van der Waals surface area contributed by atoms with Gasteiger partial charge in [-0.25, -0.2) is 0 Å². The van der Waals surface area contributed by atoms with E-state index in [4.69, 9.17) is 5.73 Å². The van der Waals surface area contributed by atoms with Gasteiger partial charge in [0.05, 0.1) is 0 Å². The number of carbonyl (C=O) groups excluding carboxylic acids is 2. The van der Waals surface area contributed by atoms with Crippen LogP contribution >= 0.6 is 0 Å². The highest BCUT2D eigenvalue weighted by Crippen LogP contribution is 2.15. The number of phenols is 1. The van der Waals surface area contributed by atoms with Gasteiger partial charge < -0.3 is 20.6 Å². The maximum atomic E-state index is 12.4. The number of carbonyl (C=O) groups is 2. The highest BCUT2D eigenvalue weighted by molar-refractivity contribution is 5.94. The number of hydrogen-bond donors (Lipinski definition) is 2. The SMILES string of the molecule is NCCCCCCC(=O)N1CCN(C(=O)c2cccc(O)c2)CC1. The van der Waals surface area contributed by atoms with E-state index >= 15 is 0 Å². The van der Waals surface area contributed by atoms with Crippen molar-refractivity contribution in [2.24, 2.45) is 5.73 Å². The Balaban J connectivity index is 1.74. The van der Waals surface area contributed by atoms with Gasteiger partial charge in [-0.05, 0) is 37.6 Å². The van der Waals surface area contributed by atoms with Crippen molar-refractivity contribution in [3.63, 3.8) is 0 Å². The summed E-state index contributed by atoms with van der Waals surface area (Å²) in [5, 5.41) is 9.48. The van der Waals surface area contributed by atoms with Crippen molar-refractivity contribution in [3.8, 4) is 5.75 Å². The smallest absolute Gasteiger partial charge is 0.254 e. The summed E-state index contributed by atoms with van der Waals surface area (Å²) in [6.07, 6.45) is 4.62. The molecule has 2 rings (SSSR count). The van der Waals surface area contributed by atoms with Crippen LogP contribution in [0.3, 0.4) is 0 Å². The van der Waals surface area contributed by atoms with E-state index in [1.54, 1.807) is 23.1 Å². The molecule has 3 N–H and O–H groups in total. The molecule has 1 aromatic carbocycles. The summed E-state index contributed by atoms with van der Waals surface area (Å²) in [5.41, 5.74) is 5.94. The molecule has 0 aromatic heterocycles. The number of phenolic OH excluding ortho intramolecular Hbond substituents is 1. The zero-order valence-corrected chi connectivity index (χ0v) is 14.1. The molecule has 0 atom stereocenters. The van der Waals surface area contributed by atoms with Crippen LogP contribution in [0.5, 0.6) is 5.75 Å². The number of nitrogens with two attached hydrogens (primary N) is 1. The Hall–Kier alpha value is -2.08. The Morgan fingerprint density at radius 2 is 1.67 bits per heavy atom. The van der Waals surface area contributed by atoms with E-state index in [-0.39, 0.29) is 17.6 Å². The average molecular weight is 333 g/mol. The molecule has 1 aromatic rings. The first-order chi connectivity index (χ1) is 11.6. The lowest BCUT2D eigenvalue weighted by molar-refractivity contribution is -0.132. The van der Waals surface area contributed by atoms with Gasteiger partial charge in [0, 0.05) is 38.2 Å². The van der Waals surface area contributed by atoms with Crippen molar-refractivity contribution in [1.82, 2.24) is 9.80 Å². The summed E-state index contributed by atoms with van der Waals surface area (Å²) >= 11 is 0. The van der Waals surface area contributed by atoms with Crippen molar-refractivity contribution >= 4 is 11.8 Å². The number of unbranched alkanes of at least 4 members (excludes halogenated alkanes) is 3. The van der Waals surface area contributed by atoms with Crippen molar-refractivity contribution in [3.05, 3.63) is 29.8 Å². The molecule has 0 unspecified atom stereocenters. The van der Waals surface area contributed by atoms with Gasteiger partial charge in [0.15, 0.2) is 0 Å². The summed E-state index contributed by atoms with van der Waals surface area (Å²) < 4.78 is 0. The maximum Gasteiger partial charge on any atom is 0.254 e. The zero-order valence-electron chi connectivity index (χ0n) is 14.1. The molecule has 1 saturated heterocycles. The number of hydrogen-bond acceptors (Lipinski definition) is 4. The molecule has 0 spiro atoms.